The van der Waals surface area contributed by atoms with E-state index in [1.807, 2.05) is 0 Å². The molecule has 0 aliphatic carbocycles. The van der Waals surface area contributed by atoms with Crippen LogP contribution in [0.4, 0.5) is 9.18 Å². The SMILES string of the molecule is CCC1(F)OC(=O)O1. The topological polar surface area (TPSA) is 35.5 Å². The third-order valence-corrected chi connectivity index (χ3v) is 0.894. The second-order valence-electron chi connectivity index (χ2n) is 1.47. The summed E-state index contributed by atoms with van der Waals surface area (Å²) in [4.78, 5) is 9.79. The van der Waals surface area contributed by atoms with Crippen LogP contribution in [0.1, 0.15) is 13.3 Å². The summed E-state index contributed by atoms with van der Waals surface area (Å²) in [5.74, 6) is 0. The molecule has 1 rings (SSSR count). The summed E-state index contributed by atoms with van der Waals surface area (Å²) in [7, 11) is 0. The Morgan fingerprint density at radius 3 is 2.38 bits per heavy atom. The van der Waals surface area contributed by atoms with Gasteiger partial charge in [0.25, 0.3) is 0 Å². The Balaban J connectivity index is 2.40. The first-order chi connectivity index (χ1) is 3.66. The first kappa shape index (κ1) is 5.34. The van der Waals surface area contributed by atoms with Gasteiger partial charge in [-0.25, -0.2) is 4.79 Å². The summed E-state index contributed by atoms with van der Waals surface area (Å²) < 4.78 is 20.1. The number of rotatable bonds is 1. The summed E-state index contributed by atoms with van der Waals surface area (Å²) in [5.41, 5.74) is 0. The maximum absolute atomic E-state index is 12.2. The minimum atomic E-state index is -2.11. The molecule has 0 N–H and O–H groups in total. The lowest BCUT2D eigenvalue weighted by atomic mass is 10.4. The van der Waals surface area contributed by atoms with E-state index in [0.717, 1.165) is 0 Å². The Hall–Kier alpha value is -0.800. The molecule has 1 aliphatic rings. The van der Waals surface area contributed by atoms with Crippen molar-refractivity contribution in [1.29, 1.82) is 0 Å². The molecule has 46 valence electrons. The molecule has 1 fully saturated rings. The van der Waals surface area contributed by atoms with Gasteiger partial charge in [0, 0.05) is 0 Å². The van der Waals surface area contributed by atoms with Crippen LogP contribution in [0.2, 0.25) is 0 Å². The lowest BCUT2D eigenvalue weighted by Gasteiger charge is -2.30. The van der Waals surface area contributed by atoms with E-state index in [9.17, 15) is 9.18 Å². The van der Waals surface area contributed by atoms with Crippen molar-refractivity contribution >= 4 is 6.16 Å². The highest BCUT2D eigenvalue weighted by atomic mass is 19.2. The predicted octanol–water partition coefficient (Wildman–Crippen LogP) is 1.19. The minimum Gasteiger partial charge on any atom is -0.361 e. The molecule has 0 bridgehead atoms. The average Bonchev–Trinajstić information content (AvgIpc) is 1.63. The average molecular weight is 120 g/mol. The van der Waals surface area contributed by atoms with E-state index < -0.39 is 12.2 Å². The van der Waals surface area contributed by atoms with E-state index in [4.69, 9.17) is 0 Å². The van der Waals surface area contributed by atoms with Gasteiger partial charge in [0.15, 0.2) is 0 Å². The van der Waals surface area contributed by atoms with E-state index in [1.54, 1.807) is 0 Å². The van der Waals surface area contributed by atoms with Crippen LogP contribution in [0.15, 0.2) is 0 Å². The van der Waals surface area contributed by atoms with Crippen molar-refractivity contribution < 1.29 is 18.7 Å². The van der Waals surface area contributed by atoms with Crippen molar-refractivity contribution in [2.24, 2.45) is 0 Å². The van der Waals surface area contributed by atoms with Crippen molar-refractivity contribution in [2.75, 3.05) is 0 Å². The standard InChI is InChI=1S/C4H5FO3/c1-2-4(5)7-3(6)8-4/h2H2,1H3. The zero-order valence-electron chi connectivity index (χ0n) is 4.31. The number of ether oxygens (including phenoxy) is 2. The van der Waals surface area contributed by atoms with Gasteiger partial charge in [0.2, 0.25) is 0 Å². The highest BCUT2D eigenvalue weighted by molar-refractivity contribution is 5.64. The Morgan fingerprint density at radius 2 is 2.25 bits per heavy atom. The quantitative estimate of drug-likeness (QED) is 0.487. The fourth-order valence-corrected chi connectivity index (χ4v) is 0.401. The molecule has 0 aromatic carbocycles. The van der Waals surface area contributed by atoms with E-state index >= 15 is 0 Å². The molecule has 0 amide bonds. The molecule has 1 saturated heterocycles. The number of hydrogen-bond donors (Lipinski definition) is 0. The summed E-state index contributed by atoms with van der Waals surface area (Å²) in [6.07, 6.45) is -0.895. The second kappa shape index (κ2) is 1.34. The van der Waals surface area contributed by atoms with Crippen molar-refractivity contribution in [1.82, 2.24) is 0 Å². The first-order valence-electron chi connectivity index (χ1n) is 2.27. The highest BCUT2D eigenvalue weighted by Crippen LogP contribution is 2.29. The van der Waals surface area contributed by atoms with Gasteiger partial charge in [-0.3, -0.25) is 0 Å². The van der Waals surface area contributed by atoms with E-state index in [1.165, 1.54) is 6.92 Å². The monoisotopic (exact) mass is 120 g/mol. The fourth-order valence-electron chi connectivity index (χ4n) is 0.401. The molecule has 0 atom stereocenters. The molecular weight excluding hydrogens is 115 g/mol. The van der Waals surface area contributed by atoms with E-state index in [2.05, 4.69) is 9.47 Å². The van der Waals surface area contributed by atoms with Crippen LogP contribution in [0, 0.1) is 0 Å². The molecule has 0 saturated carbocycles. The molecule has 0 radical (unpaired) electrons. The predicted molar refractivity (Wildman–Crippen MR) is 21.7 cm³/mol. The second-order valence-corrected chi connectivity index (χ2v) is 1.47. The zero-order chi connectivity index (χ0) is 6.20. The molecular formula is C4H5FO3. The van der Waals surface area contributed by atoms with Gasteiger partial charge < -0.3 is 9.47 Å². The summed E-state index contributed by atoms with van der Waals surface area (Å²) >= 11 is 0. The van der Waals surface area contributed by atoms with Gasteiger partial charge in [-0.15, -0.1) is 0 Å². The summed E-state index contributed by atoms with van der Waals surface area (Å²) in [6, 6.07) is -2.11. The first-order valence-corrected chi connectivity index (χ1v) is 2.27. The maximum Gasteiger partial charge on any atom is 0.518 e. The molecule has 4 heteroatoms. The molecule has 0 aromatic rings. The number of halogens is 1. The zero-order valence-corrected chi connectivity index (χ0v) is 4.31. The van der Waals surface area contributed by atoms with Crippen LogP contribution in [-0.2, 0) is 9.47 Å². The third-order valence-electron chi connectivity index (χ3n) is 0.894. The van der Waals surface area contributed by atoms with Crippen molar-refractivity contribution in [3.05, 3.63) is 0 Å². The molecule has 1 heterocycles. The number of carbonyl (C=O) groups excluding carboxylic acids is 1. The molecule has 1 aliphatic heterocycles. The van der Waals surface area contributed by atoms with Gasteiger partial charge in [0.05, 0.1) is 6.42 Å². The molecule has 0 spiro atoms. The van der Waals surface area contributed by atoms with Crippen LogP contribution < -0.4 is 0 Å². The Morgan fingerprint density at radius 1 is 1.75 bits per heavy atom. The molecule has 3 nitrogen and oxygen atoms in total. The van der Waals surface area contributed by atoms with Gasteiger partial charge >= 0.3 is 12.2 Å². The van der Waals surface area contributed by atoms with E-state index in [0.29, 0.717) is 0 Å². The molecule has 0 unspecified atom stereocenters. The minimum absolute atomic E-state index is 0.0404. The molecule has 8 heavy (non-hydrogen) atoms. The van der Waals surface area contributed by atoms with Gasteiger partial charge in [-0.05, 0) is 0 Å². The van der Waals surface area contributed by atoms with Gasteiger partial charge in [-0.2, -0.15) is 4.39 Å². The number of alkyl halides is 1. The van der Waals surface area contributed by atoms with Crippen molar-refractivity contribution in [3.8, 4) is 0 Å². The molecule has 0 aromatic heterocycles. The number of carbonyl (C=O) groups is 1. The number of cyclic esters (lactones) is 2. The largest absolute Gasteiger partial charge is 0.518 e. The lowest BCUT2D eigenvalue weighted by Crippen LogP contribution is -2.45. The number of hydrogen-bond acceptors (Lipinski definition) is 3. The Kier molecular flexibility index (Phi) is 0.892. The fraction of sp³-hybridized carbons (Fsp3) is 0.750. The van der Waals surface area contributed by atoms with Crippen LogP contribution in [0.3, 0.4) is 0 Å². The Bertz CT molecular complexity index is 114. The Labute approximate surface area is 45.4 Å². The van der Waals surface area contributed by atoms with Gasteiger partial charge in [-0.1, -0.05) is 6.92 Å². The van der Waals surface area contributed by atoms with Crippen LogP contribution in [-0.4, -0.2) is 12.2 Å². The van der Waals surface area contributed by atoms with Crippen LogP contribution in [0.5, 0.6) is 0 Å². The van der Waals surface area contributed by atoms with Crippen molar-refractivity contribution in [2.45, 2.75) is 19.4 Å². The van der Waals surface area contributed by atoms with E-state index in [-0.39, 0.29) is 6.42 Å². The summed E-state index contributed by atoms with van der Waals surface area (Å²) in [5, 5.41) is 0. The van der Waals surface area contributed by atoms with Crippen LogP contribution in [0.25, 0.3) is 0 Å². The normalized spacial score (nSPS) is 23.0. The maximum atomic E-state index is 12.2. The van der Waals surface area contributed by atoms with Gasteiger partial charge in [0.1, 0.15) is 0 Å². The van der Waals surface area contributed by atoms with Crippen LogP contribution >= 0.6 is 0 Å². The third kappa shape index (κ3) is 0.616. The smallest absolute Gasteiger partial charge is 0.361 e. The highest BCUT2D eigenvalue weighted by Gasteiger charge is 2.47. The summed E-state index contributed by atoms with van der Waals surface area (Å²) in [6.45, 7) is 1.52. The lowest BCUT2D eigenvalue weighted by molar-refractivity contribution is -0.345. The van der Waals surface area contributed by atoms with Crippen molar-refractivity contribution in [3.63, 3.8) is 0 Å².